The van der Waals surface area contributed by atoms with Crippen molar-refractivity contribution in [3.05, 3.63) is 41.7 Å². The van der Waals surface area contributed by atoms with Gasteiger partial charge < -0.3 is 25.4 Å². The number of nitrogen functional groups attached to an aromatic ring is 1. The molecule has 3 N–H and O–H groups in total. The third-order valence-electron chi connectivity index (χ3n) is 4.32. The van der Waals surface area contributed by atoms with Crippen molar-refractivity contribution < 1.29 is 23.4 Å². The molecule has 3 rings (SSSR count). The molecular formula is C20H22FN5O4S. The van der Waals surface area contributed by atoms with Crippen molar-refractivity contribution in [1.29, 1.82) is 0 Å². The van der Waals surface area contributed by atoms with Crippen LogP contribution in [-0.4, -0.2) is 47.9 Å². The number of rotatable bonds is 8. The van der Waals surface area contributed by atoms with E-state index in [0.717, 1.165) is 17.3 Å². The van der Waals surface area contributed by atoms with Crippen molar-refractivity contribution in [3.8, 4) is 28.6 Å². The molecular weight excluding hydrogens is 425 g/mol. The van der Waals surface area contributed by atoms with Gasteiger partial charge in [0.1, 0.15) is 5.82 Å². The van der Waals surface area contributed by atoms with Gasteiger partial charge in [-0.2, -0.15) is 0 Å². The first-order valence-electron chi connectivity index (χ1n) is 9.07. The Morgan fingerprint density at radius 3 is 2.39 bits per heavy atom. The molecule has 31 heavy (non-hydrogen) atoms. The molecule has 1 aromatic heterocycles. The van der Waals surface area contributed by atoms with E-state index in [9.17, 15) is 9.18 Å². The van der Waals surface area contributed by atoms with Gasteiger partial charge in [-0.15, -0.1) is 10.2 Å². The van der Waals surface area contributed by atoms with Crippen LogP contribution in [-0.2, 0) is 4.79 Å². The predicted molar refractivity (Wildman–Crippen MR) is 116 cm³/mol. The fourth-order valence-corrected chi connectivity index (χ4v) is 3.48. The van der Waals surface area contributed by atoms with Crippen LogP contribution < -0.4 is 25.4 Å². The highest BCUT2D eigenvalue weighted by atomic mass is 32.2. The van der Waals surface area contributed by atoms with Crippen LogP contribution in [0.4, 0.5) is 10.1 Å². The summed E-state index contributed by atoms with van der Waals surface area (Å²) < 4.78 is 31.2. The Labute approximate surface area is 182 Å². The zero-order chi connectivity index (χ0) is 22.5. The summed E-state index contributed by atoms with van der Waals surface area (Å²) in [5.41, 5.74) is 1.46. The Hall–Kier alpha value is -3.47. The first kappa shape index (κ1) is 22.2. The molecule has 0 aliphatic carbocycles. The van der Waals surface area contributed by atoms with Crippen molar-refractivity contribution in [2.75, 3.05) is 38.2 Å². The molecule has 3 aromatic rings. The number of hydrogen-bond acceptors (Lipinski definition) is 8. The Morgan fingerprint density at radius 2 is 1.81 bits per heavy atom. The molecule has 0 fully saturated rings. The first-order valence-corrected chi connectivity index (χ1v) is 10.1. The van der Waals surface area contributed by atoms with Gasteiger partial charge in [0.25, 0.3) is 0 Å². The summed E-state index contributed by atoms with van der Waals surface area (Å²) >= 11 is 1.07. The number of aromatic nitrogens is 3. The molecule has 0 bridgehead atoms. The third-order valence-corrected chi connectivity index (χ3v) is 5.26. The minimum absolute atomic E-state index is 0.0299. The lowest BCUT2D eigenvalue weighted by atomic mass is 10.1. The highest BCUT2D eigenvalue weighted by molar-refractivity contribution is 7.99. The second-order valence-electron chi connectivity index (χ2n) is 6.41. The number of carbonyl (C=O) groups is 1. The summed E-state index contributed by atoms with van der Waals surface area (Å²) in [5.74, 6) is 6.86. The average molecular weight is 447 g/mol. The van der Waals surface area contributed by atoms with E-state index in [1.807, 2.05) is 0 Å². The first-order chi connectivity index (χ1) is 14.9. The zero-order valence-corrected chi connectivity index (χ0v) is 18.2. The fourth-order valence-electron chi connectivity index (χ4n) is 2.82. The van der Waals surface area contributed by atoms with Gasteiger partial charge in [0, 0.05) is 5.56 Å². The highest BCUT2D eigenvalue weighted by Gasteiger charge is 2.19. The molecule has 0 aliphatic heterocycles. The largest absolute Gasteiger partial charge is 0.493 e. The van der Waals surface area contributed by atoms with Crippen molar-refractivity contribution in [3.63, 3.8) is 0 Å². The fraction of sp³-hybridized carbons (Fsp3) is 0.250. The minimum atomic E-state index is -0.495. The number of methoxy groups -OCH3 is 3. The summed E-state index contributed by atoms with van der Waals surface area (Å²) in [4.78, 5) is 12.2. The number of aryl methyl sites for hydroxylation is 1. The van der Waals surface area contributed by atoms with Crippen molar-refractivity contribution in [2.24, 2.45) is 0 Å². The molecule has 0 atom stereocenters. The van der Waals surface area contributed by atoms with Crippen LogP contribution in [0, 0.1) is 12.7 Å². The number of nitrogens with one attached hydrogen (secondary N) is 1. The SMILES string of the molecule is COc1cc(-c2nnc(SCC(=O)Nc3ccc(C)cc3F)n2N)cc(OC)c1OC. The second-order valence-corrected chi connectivity index (χ2v) is 7.35. The molecule has 0 saturated heterocycles. The second kappa shape index (κ2) is 9.56. The number of anilines is 1. The molecule has 0 unspecified atom stereocenters. The van der Waals surface area contributed by atoms with E-state index >= 15 is 0 Å². The van der Waals surface area contributed by atoms with Gasteiger partial charge in [-0.25, -0.2) is 9.07 Å². The van der Waals surface area contributed by atoms with Crippen LogP contribution in [0.3, 0.4) is 0 Å². The quantitative estimate of drug-likeness (QED) is 0.400. The van der Waals surface area contributed by atoms with Crippen LogP contribution in [0.25, 0.3) is 11.4 Å². The van der Waals surface area contributed by atoms with E-state index in [1.54, 1.807) is 25.1 Å². The minimum Gasteiger partial charge on any atom is -0.493 e. The van der Waals surface area contributed by atoms with Gasteiger partial charge in [0.2, 0.25) is 16.8 Å². The smallest absolute Gasteiger partial charge is 0.234 e. The summed E-state index contributed by atoms with van der Waals surface area (Å²) in [7, 11) is 4.52. The maximum Gasteiger partial charge on any atom is 0.234 e. The number of hydrogen-bond donors (Lipinski definition) is 2. The third kappa shape index (κ3) is 4.82. The molecule has 9 nitrogen and oxygen atoms in total. The van der Waals surface area contributed by atoms with E-state index in [2.05, 4.69) is 15.5 Å². The normalized spacial score (nSPS) is 10.6. The number of nitrogens with zero attached hydrogens (tertiary/aromatic N) is 3. The molecule has 1 heterocycles. The highest BCUT2D eigenvalue weighted by Crippen LogP contribution is 2.40. The van der Waals surface area contributed by atoms with Crippen LogP contribution in [0.2, 0.25) is 0 Å². The summed E-state index contributed by atoms with van der Waals surface area (Å²) in [6.45, 7) is 1.77. The molecule has 0 saturated carbocycles. The maximum atomic E-state index is 13.9. The molecule has 11 heteroatoms. The Kier molecular flexibility index (Phi) is 6.85. The van der Waals surface area contributed by atoms with E-state index < -0.39 is 11.7 Å². The number of carbonyl (C=O) groups excluding carboxylic acids is 1. The number of amides is 1. The number of nitrogens with two attached hydrogens (primary N) is 1. The zero-order valence-electron chi connectivity index (χ0n) is 17.4. The molecule has 2 aromatic carbocycles. The number of ether oxygens (including phenoxy) is 3. The Balaban J connectivity index is 1.75. The topological polar surface area (TPSA) is 114 Å². The molecule has 1 amide bonds. The molecule has 0 aliphatic rings. The molecule has 0 radical (unpaired) electrons. The lowest BCUT2D eigenvalue weighted by Crippen LogP contribution is -2.17. The van der Waals surface area contributed by atoms with Crippen molar-refractivity contribution in [2.45, 2.75) is 12.1 Å². The predicted octanol–water partition coefficient (Wildman–Crippen LogP) is 2.86. The lowest BCUT2D eigenvalue weighted by Gasteiger charge is -2.13. The van der Waals surface area contributed by atoms with Gasteiger partial charge in [0.05, 0.1) is 32.8 Å². The monoisotopic (exact) mass is 447 g/mol. The van der Waals surface area contributed by atoms with Gasteiger partial charge in [-0.05, 0) is 36.8 Å². The average Bonchev–Trinajstić information content (AvgIpc) is 3.13. The van der Waals surface area contributed by atoms with Crippen molar-refractivity contribution in [1.82, 2.24) is 14.9 Å². The standard InChI is InChI=1S/C20H22FN5O4S/c1-11-5-6-14(13(21)7-11)23-17(27)10-31-20-25-24-19(26(20)22)12-8-15(28-2)18(30-4)16(9-12)29-3/h5-9H,10,22H2,1-4H3,(H,23,27). The number of thioether (sulfide) groups is 1. The Morgan fingerprint density at radius 1 is 1.13 bits per heavy atom. The van der Waals surface area contributed by atoms with E-state index in [0.29, 0.717) is 33.8 Å². The summed E-state index contributed by atoms with van der Waals surface area (Å²) in [6, 6.07) is 7.96. The maximum absolute atomic E-state index is 13.9. The van der Waals surface area contributed by atoms with Crippen LogP contribution >= 0.6 is 11.8 Å². The van der Waals surface area contributed by atoms with Gasteiger partial charge in [-0.1, -0.05) is 17.8 Å². The van der Waals surface area contributed by atoms with Crippen LogP contribution in [0.5, 0.6) is 17.2 Å². The molecule has 164 valence electrons. The number of benzene rings is 2. The van der Waals surface area contributed by atoms with Gasteiger partial charge in [0.15, 0.2) is 17.3 Å². The van der Waals surface area contributed by atoms with E-state index in [1.165, 1.54) is 38.1 Å². The van der Waals surface area contributed by atoms with Crippen LogP contribution in [0.15, 0.2) is 35.5 Å². The van der Waals surface area contributed by atoms with Crippen molar-refractivity contribution >= 4 is 23.4 Å². The summed E-state index contributed by atoms with van der Waals surface area (Å²) in [6.07, 6.45) is 0. The van der Waals surface area contributed by atoms with Gasteiger partial charge >= 0.3 is 0 Å². The lowest BCUT2D eigenvalue weighted by molar-refractivity contribution is -0.113. The molecule has 0 spiro atoms. The van der Waals surface area contributed by atoms with Gasteiger partial charge in [-0.3, -0.25) is 4.79 Å². The van der Waals surface area contributed by atoms with E-state index in [-0.39, 0.29) is 11.4 Å². The van der Waals surface area contributed by atoms with E-state index in [4.69, 9.17) is 20.1 Å². The number of halogens is 1. The summed E-state index contributed by atoms with van der Waals surface area (Å²) in [5, 5.41) is 11.0. The Bertz CT molecular complexity index is 1080. The van der Waals surface area contributed by atoms with Crippen LogP contribution in [0.1, 0.15) is 5.56 Å².